The quantitative estimate of drug-likeness (QED) is 0.788. The molecular weight excluding hydrogens is 392 g/mol. The Labute approximate surface area is 163 Å². The third-order valence-corrected chi connectivity index (χ3v) is 8.18. The molecule has 140 valence electrons. The number of sulfonamides is 1. The molecule has 1 fully saturated rings. The maximum Gasteiger partial charge on any atom is 0.252 e. The molecule has 3 rings (SSSR count). The van der Waals surface area contributed by atoms with Crippen LogP contribution >= 0.6 is 22.9 Å². The summed E-state index contributed by atoms with van der Waals surface area (Å²) >= 11 is 7.32. The van der Waals surface area contributed by atoms with E-state index in [1.807, 2.05) is 25.1 Å². The lowest BCUT2D eigenvalue weighted by Crippen LogP contribution is -2.28. The van der Waals surface area contributed by atoms with Gasteiger partial charge in [0.05, 0.1) is 12.5 Å². The Balaban J connectivity index is 1.64. The van der Waals surface area contributed by atoms with Crippen LogP contribution in [-0.4, -0.2) is 31.7 Å². The summed E-state index contributed by atoms with van der Waals surface area (Å²) in [7, 11) is -3.42. The molecule has 1 unspecified atom stereocenters. The van der Waals surface area contributed by atoms with E-state index in [0.717, 1.165) is 34.6 Å². The molecule has 0 bridgehead atoms. The van der Waals surface area contributed by atoms with Gasteiger partial charge in [0.2, 0.25) is 5.91 Å². The topological polar surface area (TPSA) is 66.5 Å². The SMILES string of the molecule is CC(NC(=O)Cc1ccc(S(=O)(=O)N2CCCC2)s1)c1ccccc1Cl. The fourth-order valence-corrected chi connectivity index (χ4v) is 6.33. The fraction of sp³-hybridized carbons (Fsp3) is 0.389. The minimum absolute atomic E-state index is 0.148. The maximum atomic E-state index is 12.6. The number of nitrogens with one attached hydrogen (secondary N) is 1. The van der Waals surface area contributed by atoms with E-state index in [-0.39, 0.29) is 18.4 Å². The number of nitrogens with zero attached hydrogens (tertiary/aromatic N) is 1. The summed E-state index contributed by atoms with van der Waals surface area (Å²) in [5.74, 6) is -0.163. The molecule has 1 atom stereocenters. The van der Waals surface area contributed by atoms with Crippen molar-refractivity contribution >= 4 is 38.9 Å². The monoisotopic (exact) mass is 412 g/mol. The van der Waals surface area contributed by atoms with Gasteiger partial charge in [0.15, 0.2) is 0 Å². The van der Waals surface area contributed by atoms with Crippen molar-refractivity contribution in [1.29, 1.82) is 0 Å². The molecular formula is C18H21ClN2O3S2. The predicted molar refractivity (Wildman–Crippen MR) is 104 cm³/mol. The van der Waals surface area contributed by atoms with Crippen molar-refractivity contribution in [2.24, 2.45) is 0 Å². The fourth-order valence-electron chi connectivity index (χ4n) is 3.00. The van der Waals surface area contributed by atoms with Crippen molar-refractivity contribution in [3.63, 3.8) is 0 Å². The van der Waals surface area contributed by atoms with Gasteiger partial charge >= 0.3 is 0 Å². The van der Waals surface area contributed by atoms with E-state index in [2.05, 4.69) is 5.32 Å². The van der Waals surface area contributed by atoms with Crippen LogP contribution in [0.25, 0.3) is 0 Å². The summed E-state index contributed by atoms with van der Waals surface area (Å²) in [4.78, 5) is 13.0. The molecule has 1 aliphatic rings. The average molecular weight is 413 g/mol. The smallest absolute Gasteiger partial charge is 0.252 e. The molecule has 1 aromatic carbocycles. The Morgan fingerprint density at radius 1 is 1.23 bits per heavy atom. The van der Waals surface area contributed by atoms with Crippen LogP contribution in [0.1, 0.15) is 36.2 Å². The van der Waals surface area contributed by atoms with E-state index >= 15 is 0 Å². The highest BCUT2D eigenvalue weighted by molar-refractivity contribution is 7.91. The van der Waals surface area contributed by atoms with Crippen LogP contribution in [-0.2, 0) is 21.2 Å². The third kappa shape index (κ3) is 4.28. The molecule has 1 saturated heterocycles. The summed E-state index contributed by atoms with van der Waals surface area (Å²) in [5, 5.41) is 3.52. The van der Waals surface area contributed by atoms with E-state index in [4.69, 9.17) is 11.6 Å². The normalized spacial score (nSPS) is 16.5. The first-order valence-electron chi connectivity index (χ1n) is 8.50. The number of hydrogen-bond acceptors (Lipinski definition) is 4. The zero-order valence-electron chi connectivity index (χ0n) is 14.4. The zero-order valence-corrected chi connectivity index (χ0v) is 16.8. The predicted octanol–water partition coefficient (Wildman–Crippen LogP) is 3.61. The Kier molecular flexibility index (Phi) is 6.02. The first-order valence-corrected chi connectivity index (χ1v) is 11.1. The van der Waals surface area contributed by atoms with Crippen LogP contribution in [0.5, 0.6) is 0 Å². The summed E-state index contributed by atoms with van der Waals surface area (Å²) in [6.45, 7) is 3.02. The van der Waals surface area contributed by atoms with Gasteiger partial charge in [-0.15, -0.1) is 11.3 Å². The van der Waals surface area contributed by atoms with Crippen molar-refractivity contribution < 1.29 is 13.2 Å². The van der Waals surface area contributed by atoms with Crippen molar-refractivity contribution in [2.45, 2.75) is 36.4 Å². The second-order valence-electron chi connectivity index (χ2n) is 6.32. The van der Waals surface area contributed by atoms with E-state index in [0.29, 0.717) is 22.3 Å². The van der Waals surface area contributed by atoms with Crippen LogP contribution in [0.3, 0.4) is 0 Å². The highest BCUT2D eigenvalue weighted by Gasteiger charge is 2.28. The average Bonchev–Trinajstić information content (AvgIpc) is 3.27. The highest BCUT2D eigenvalue weighted by atomic mass is 35.5. The number of benzene rings is 1. The van der Waals surface area contributed by atoms with E-state index in [9.17, 15) is 13.2 Å². The van der Waals surface area contributed by atoms with E-state index in [1.54, 1.807) is 18.2 Å². The minimum atomic E-state index is -3.42. The number of hydrogen-bond donors (Lipinski definition) is 1. The number of carbonyl (C=O) groups excluding carboxylic acids is 1. The van der Waals surface area contributed by atoms with E-state index in [1.165, 1.54) is 4.31 Å². The van der Waals surface area contributed by atoms with E-state index < -0.39 is 10.0 Å². The van der Waals surface area contributed by atoms with Gasteiger partial charge in [-0.05, 0) is 43.5 Å². The first kappa shape index (κ1) is 19.4. The molecule has 1 amide bonds. The largest absolute Gasteiger partial charge is 0.349 e. The molecule has 1 aromatic heterocycles. The first-order chi connectivity index (χ1) is 12.4. The summed E-state index contributed by atoms with van der Waals surface area (Å²) in [6.07, 6.45) is 1.95. The third-order valence-electron chi connectivity index (χ3n) is 4.38. The Hall–Kier alpha value is -1.41. The van der Waals surface area contributed by atoms with Crippen LogP contribution < -0.4 is 5.32 Å². The van der Waals surface area contributed by atoms with Crippen molar-refractivity contribution in [2.75, 3.05) is 13.1 Å². The Morgan fingerprint density at radius 2 is 1.92 bits per heavy atom. The molecule has 26 heavy (non-hydrogen) atoms. The van der Waals surface area contributed by atoms with Gasteiger partial charge in [-0.3, -0.25) is 4.79 Å². The second kappa shape index (κ2) is 8.08. The molecule has 2 aromatic rings. The Morgan fingerprint density at radius 3 is 2.62 bits per heavy atom. The molecule has 0 saturated carbocycles. The molecule has 1 N–H and O–H groups in total. The molecule has 8 heteroatoms. The van der Waals surface area contributed by atoms with Crippen LogP contribution in [0, 0.1) is 0 Å². The second-order valence-corrected chi connectivity index (χ2v) is 10.1. The molecule has 0 spiro atoms. The van der Waals surface area contributed by atoms with Crippen molar-refractivity contribution in [1.82, 2.24) is 9.62 Å². The van der Waals surface area contributed by atoms with Gasteiger partial charge in [-0.25, -0.2) is 8.42 Å². The van der Waals surface area contributed by atoms with Gasteiger partial charge in [0, 0.05) is 23.0 Å². The maximum absolute atomic E-state index is 12.6. The molecule has 2 heterocycles. The van der Waals surface area contributed by atoms with Crippen LogP contribution in [0.4, 0.5) is 0 Å². The number of rotatable bonds is 6. The summed E-state index contributed by atoms with van der Waals surface area (Å²) < 4.78 is 26.9. The van der Waals surface area contributed by atoms with Gasteiger partial charge in [-0.2, -0.15) is 4.31 Å². The number of amides is 1. The zero-order chi connectivity index (χ0) is 18.7. The molecule has 5 nitrogen and oxygen atoms in total. The number of halogens is 1. The minimum Gasteiger partial charge on any atom is -0.349 e. The van der Waals surface area contributed by atoms with Crippen molar-refractivity contribution in [3.8, 4) is 0 Å². The summed E-state index contributed by atoms with van der Waals surface area (Å²) in [5.41, 5.74) is 0.853. The van der Waals surface area contributed by atoms with Gasteiger partial charge in [0.25, 0.3) is 10.0 Å². The Bertz CT molecular complexity index is 889. The highest BCUT2D eigenvalue weighted by Crippen LogP contribution is 2.28. The van der Waals surface area contributed by atoms with Gasteiger partial charge < -0.3 is 5.32 Å². The number of thiophene rings is 1. The van der Waals surface area contributed by atoms with Crippen LogP contribution in [0.15, 0.2) is 40.6 Å². The lowest BCUT2D eigenvalue weighted by molar-refractivity contribution is -0.121. The number of carbonyl (C=O) groups is 1. The molecule has 1 aliphatic heterocycles. The van der Waals surface area contributed by atoms with Gasteiger partial charge in [-0.1, -0.05) is 29.8 Å². The van der Waals surface area contributed by atoms with Gasteiger partial charge in [0.1, 0.15) is 4.21 Å². The standard InChI is InChI=1S/C18H21ClN2O3S2/c1-13(15-6-2-3-7-16(15)19)20-17(22)12-14-8-9-18(25-14)26(23,24)21-10-4-5-11-21/h2-3,6-9,13H,4-5,10-12H2,1H3,(H,20,22). The van der Waals surface area contributed by atoms with Crippen LogP contribution in [0.2, 0.25) is 5.02 Å². The molecule has 0 radical (unpaired) electrons. The summed E-state index contributed by atoms with van der Waals surface area (Å²) in [6, 6.07) is 10.5. The lowest BCUT2D eigenvalue weighted by atomic mass is 10.1. The lowest BCUT2D eigenvalue weighted by Gasteiger charge is -2.15. The molecule has 0 aliphatic carbocycles. The van der Waals surface area contributed by atoms with Crippen molar-refractivity contribution in [3.05, 3.63) is 51.9 Å².